The Bertz CT molecular complexity index is 286. The molecule has 1 rings (SSSR count). The molecule has 3 unspecified atom stereocenters. The van der Waals surface area contributed by atoms with Crippen molar-refractivity contribution in [3.63, 3.8) is 0 Å². The van der Waals surface area contributed by atoms with Gasteiger partial charge in [0.1, 0.15) is 0 Å². The molecule has 1 aliphatic carbocycles. The van der Waals surface area contributed by atoms with Crippen LogP contribution in [0.4, 0.5) is 0 Å². The normalized spacial score (nSPS) is 26.2. The van der Waals surface area contributed by atoms with E-state index in [-0.39, 0.29) is 18.4 Å². The van der Waals surface area contributed by atoms with Gasteiger partial charge in [-0.2, -0.15) is 11.8 Å². The molecule has 5 N–H and O–H groups in total. The Morgan fingerprint density at radius 2 is 2.18 bits per heavy atom. The van der Waals surface area contributed by atoms with Gasteiger partial charge in [0.2, 0.25) is 11.8 Å². The maximum Gasteiger partial charge on any atom is 0.237 e. The highest BCUT2D eigenvalue weighted by atomic mass is 32.2. The van der Waals surface area contributed by atoms with E-state index < -0.39 is 11.9 Å². The molecule has 1 aliphatic rings. The summed E-state index contributed by atoms with van der Waals surface area (Å²) in [5, 5.41) is 3.52. The Balaban J connectivity index is 2.37. The fourth-order valence-corrected chi connectivity index (χ4v) is 2.93. The van der Waals surface area contributed by atoms with Crippen LogP contribution < -0.4 is 16.8 Å². The Labute approximate surface area is 106 Å². The van der Waals surface area contributed by atoms with Crippen molar-refractivity contribution in [2.75, 3.05) is 6.26 Å². The van der Waals surface area contributed by atoms with Crippen LogP contribution in [0.5, 0.6) is 0 Å². The van der Waals surface area contributed by atoms with Crippen LogP contribution >= 0.6 is 11.8 Å². The highest BCUT2D eigenvalue weighted by Crippen LogP contribution is 2.26. The molecule has 98 valence electrons. The number of rotatable bonds is 5. The maximum atomic E-state index is 11.7. The second-order valence-electron chi connectivity index (χ2n) is 4.51. The van der Waals surface area contributed by atoms with E-state index in [1.54, 1.807) is 0 Å². The third-order valence-corrected chi connectivity index (χ3v) is 4.16. The molecule has 2 amide bonds. The quantitative estimate of drug-likeness (QED) is 0.646. The monoisotopic (exact) mass is 259 g/mol. The van der Waals surface area contributed by atoms with E-state index in [0.717, 1.165) is 19.3 Å². The Hall–Kier alpha value is -0.750. The van der Waals surface area contributed by atoms with E-state index in [4.69, 9.17) is 11.5 Å². The zero-order valence-corrected chi connectivity index (χ0v) is 11.0. The van der Waals surface area contributed by atoms with Crippen LogP contribution in [0.15, 0.2) is 0 Å². The van der Waals surface area contributed by atoms with Crippen molar-refractivity contribution in [2.45, 2.75) is 49.4 Å². The van der Waals surface area contributed by atoms with Gasteiger partial charge in [-0.05, 0) is 25.5 Å². The van der Waals surface area contributed by atoms with Crippen molar-refractivity contribution in [1.82, 2.24) is 5.32 Å². The van der Waals surface area contributed by atoms with Crippen molar-refractivity contribution < 1.29 is 9.59 Å². The number of nitrogens with two attached hydrogens (primary N) is 2. The fraction of sp³-hybridized carbons (Fsp3) is 0.818. The molecule has 0 saturated heterocycles. The Morgan fingerprint density at radius 1 is 1.47 bits per heavy atom. The third-order valence-electron chi connectivity index (χ3n) is 3.06. The lowest BCUT2D eigenvalue weighted by molar-refractivity contribution is -0.127. The first-order chi connectivity index (χ1) is 8.02. The van der Waals surface area contributed by atoms with Gasteiger partial charge in [0.15, 0.2) is 0 Å². The minimum Gasteiger partial charge on any atom is -0.370 e. The number of nitrogens with one attached hydrogen (secondary N) is 1. The lowest BCUT2D eigenvalue weighted by Gasteiger charge is -2.29. The zero-order chi connectivity index (χ0) is 12.8. The molecular weight excluding hydrogens is 238 g/mol. The molecule has 0 aromatic heterocycles. The van der Waals surface area contributed by atoms with Gasteiger partial charge in [-0.15, -0.1) is 0 Å². The van der Waals surface area contributed by atoms with Crippen LogP contribution in [0.1, 0.15) is 32.1 Å². The number of primary amides is 1. The number of carbonyl (C=O) groups is 2. The molecule has 5 nitrogen and oxygen atoms in total. The Morgan fingerprint density at radius 3 is 2.76 bits per heavy atom. The van der Waals surface area contributed by atoms with Crippen molar-refractivity contribution >= 4 is 23.6 Å². The number of hydrogen-bond donors (Lipinski definition) is 3. The van der Waals surface area contributed by atoms with Crippen LogP contribution in [0.25, 0.3) is 0 Å². The second kappa shape index (κ2) is 6.86. The number of amides is 2. The molecule has 0 heterocycles. The maximum absolute atomic E-state index is 11.7. The fourth-order valence-electron chi connectivity index (χ4n) is 2.11. The summed E-state index contributed by atoms with van der Waals surface area (Å²) < 4.78 is 0. The van der Waals surface area contributed by atoms with Gasteiger partial charge in [-0.25, -0.2) is 0 Å². The van der Waals surface area contributed by atoms with Crippen molar-refractivity contribution in [2.24, 2.45) is 11.5 Å². The van der Waals surface area contributed by atoms with Crippen LogP contribution in [-0.2, 0) is 9.59 Å². The van der Waals surface area contributed by atoms with Crippen LogP contribution in [-0.4, -0.2) is 35.4 Å². The lowest BCUT2D eigenvalue weighted by atomic mass is 9.94. The molecule has 0 aromatic carbocycles. The summed E-state index contributed by atoms with van der Waals surface area (Å²) >= 11 is 1.84. The first-order valence-corrected chi connectivity index (χ1v) is 7.18. The standard InChI is InChI=1S/C11H21N3O2S/c1-17-8-4-2-3-7(5-8)14-11(16)9(12)6-10(13)15/h7-9H,2-6,12H2,1H3,(H2,13,15)(H,14,16). The topological polar surface area (TPSA) is 98.2 Å². The third kappa shape index (κ3) is 4.95. The SMILES string of the molecule is CSC1CCCC(NC(=O)C(N)CC(N)=O)C1. The molecule has 0 bridgehead atoms. The highest BCUT2D eigenvalue weighted by Gasteiger charge is 2.24. The highest BCUT2D eigenvalue weighted by molar-refractivity contribution is 7.99. The first kappa shape index (κ1) is 14.3. The van der Waals surface area contributed by atoms with Gasteiger partial charge in [0.25, 0.3) is 0 Å². The molecule has 17 heavy (non-hydrogen) atoms. The molecule has 0 radical (unpaired) electrons. The van der Waals surface area contributed by atoms with E-state index >= 15 is 0 Å². The Kier molecular flexibility index (Phi) is 5.77. The van der Waals surface area contributed by atoms with Crippen LogP contribution in [0.2, 0.25) is 0 Å². The van der Waals surface area contributed by atoms with Crippen molar-refractivity contribution in [1.29, 1.82) is 0 Å². The van der Waals surface area contributed by atoms with Gasteiger partial charge in [0, 0.05) is 11.3 Å². The molecule has 6 heteroatoms. The predicted molar refractivity (Wildman–Crippen MR) is 69.5 cm³/mol. The van der Waals surface area contributed by atoms with Gasteiger partial charge in [-0.3, -0.25) is 9.59 Å². The van der Waals surface area contributed by atoms with Crippen molar-refractivity contribution in [3.8, 4) is 0 Å². The van der Waals surface area contributed by atoms with Crippen LogP contribution in [0.3, 0.4) is 0 Å². The minimum atomic E-state index is -0.817. The van der Waals surface area contributed by atoms with Gasteiger partial charge in [-0.1, -0.05) is 6.42 Å². The summed E-state index contributed by atoms with van der Waals surface area (Å²) in [6, 6.07) is -0.630. The average Bonchev–Trinajstić information content (AvgIpc) is 2.28. The summed E-state index contributed by atoms with van der Waals surface area (Å²) in [6.45, 7) is 0. The van der Waals surface area contributed by atoms with Gasteiger partial charge < -0.3 is 16.8 Å². The summed E-state index contributed by atoms with van der Waals surface area (Å²) in [7, 11) is 0. The van der Waals surface area contributed by atoms with E-state index in [2.05, 4.69) is 11.6 Å². The smallest absolute Gasteiger partial charge is 0.237 e. The zero-order valence-electron chi connectivity index (χ0n) is 10.1. The molecule has 3 atom stereocenters. The number of carbonyl (C=O) groups excluding carboxylic acids is 2. The predicted octanol–water partition coefficient (Wildman–Crippen LogP) is -0.0205. The van der Waals surface area contributed by atoms with Gasteiger partial charge in [0.05, 0.1) is 12.5 Å². The summed E-state index contributed by atoms with van der Waals surface area (Å²) in [5.74, 6) is -0.811. The summed E-state index contributed by atoms with van der Waals surface area (Å²) in [4.78, 5) is 22.4. The first-order valence-electron chi connectivity index (χ1n) is 5.90. The number of thioether (sulfide) groups is 1. The molecule has 0 spiro atoms. The van der Waals surface area contributed by atoms with Crippen molar-refractivity contribution in [3.05, 3.63) is 0 Å². The van der Waals surface area contributed by atoms with E-state index in [9.17, 15) is 9.59 Å². The average molecular weight is 259 g/mol. The summed E-state index contributed by atoms with van der Waals surface area (Å²) in [5.41, 5.74) is 10.6. The second-order valence-corrected chi connectivity index (χ2v) is 5.64. The number of hydrogen-bond acceptors (Lipinski definition) is 4. The molecular formula is C11H21N3O2S. The van der Waals surface area contributed by atoms with E-state index in [1.807, 2.05) is 11.8 Å². The molecule has 1 saturated carbocycles. The summed E-state index contributed by atoms with van der Waals surface area (Å²) in [6.07, 6.45) is 6.31. The molecule has 0 aliphatic heterocycles. The largest absolute Gasteiger partial charge is 0.370 e. The minimum absolute atomic E-state index is 0.0927. The van der Waals surface area contributed by atoms with E-state index in [1.165, 1.54) is 6.42 Å². The van der Waals surface area contributed by atoms with Gasteiger partial charge >= 0.3 is 0 Å². The van der Waals surface area contributed by atoms with E-state index in [0.29, 0.717) is 5.25 Å². The molecule has 0 aromatic rings. The lowest BCUT2D eigenvalue weighted by Crippen LogP contribution is -2.48. The molecule has 1 fully saturated rings. The van der Waals surface area contributed by atoms with Crippen LogP contribution in [0, 0.1) is 0 Å².